The summed E-state index contributed by atoms with van der Waals surface area (Å²) >= 11 is 0. The molecule has 17 heavy (non-hydrogen) atoms. The quantitative estimate of drug-likeness (QED) is 0.451. The zero-order valence-electron chi connectivity index (χ0n) is 9.75. The molecule has 0 spiro atoms. The molecule has 1 fully saturated rings. The third-order valence-corrected chi connectivity index (χ3v) is 2.42. The predicted octanol–water partition coefficient (Wildman–Crippen LogP) is 1.65. The first-order chi connectivity index (χ1) is 8.09. The summed E-state index contributed by atoms with van der Waals surface area (Å²) in [5.41, 5.74) is 0.906. The van der Waals surface area contributed by atoms with Crippen molar-refractivity contribution >= 4 is 11.8 Å². The predicted molar refractivity (Wildman–Crippen MR) is 60.3 cm³/mol. The molecule has 1 aromatic rings. The average Bonchev–Trinajstić information content (AvgIpc) is 3.08. The molecule has 0 aliphatic carbocycles. The standard InChI is InChI=1S/C13H14O4/c1-8(2)16-13(15)10(14)12-11(17-12)9-6-4-3-5-7-9/h3-8,11-12H,1-2H3/t11-,12-/m1/s1. The fraction of sp³-hybridized carbons (Fsp3) is 0.385. The minimum Gasteiger partial charge on any atom is -0.457 e. The molecular formula is C13H14O4. The van der Waals surface area contributed by atoms with Gasteiger partial charge in [0.1, 0.15) is 6.10 Å². The molecule has 1 saturated heterocycles. The average molecular weight is 234 g/mol. The van der Waals surface area contributed by atoms with Gasteiger partial charge in [0.15, 0.2) is 6.10 Å². The Labute approximate surface area is 99.5 Å². The van der Waals surface area contributed by atoms with Gasteiger partial charge >= 0.3 is 5.97 Å². The highest BCUT2D eigenvalue weighted by molar-refractivity contribution is 6.36. The zero-order chi connectivity index (χ0) is 12.4. The first-order valence-corrected chi connectivity index (χ1v) is 5.55. The minimum atomic E-state index is -0.816. The second-order valence-corrected chi connectivity index (χ2v) is 4.21. The largest absolute Gasteiger partial charge is 0.457 e. The Morgan fingerprint density at radius 3 is 2.47 bits per heavy atom. The van der Waals surface area contributed by atoms with Crippen LogP contribution in [0.2, 0.25) is 0 Å². The number of ketones is 1. The van der Waals surface area contributed by atoms with Crippen LogP contribution in [0, 0.1) is 0 Å². The van der Waals surface area contributed by atoms with Gasteiger partial charge in [-0.15, -0.1) is 0 Å². The van der Waals surface area contributed by atoms with Crippen LogP contribution >= 0.6 is 0 Å². The maximum absolute atomic E-state index is 11.6. The number of ether oxygens (including phenoxy) is 2. The fourth-order valence-corrected chi connectivity index (χ4v) is 1.60. The van der Waals surface area contributed by atoms with Crippen LogP contribution in [-0.2, 0) is 19.1 Å². The van der Waals surface area contributed by atoms with E-state index in [9.17, 15) is 9.59 Å². The molecule has 1 aliphatic rings. The van der Waals surface area contributed by atoms with Crippen molar-refractivity contribution in [1.29, 1.82) is 0 Å². The van der Waals surface area contributed by atoms with Gasteiger partial charge < -0.3 is 9.47 Å². The summed E-state index contributed by atoms with van der Waals surface area (Å²) < 4.78 is 10.0. The summed E-state index contributed by atoms with van der Waals surface area (Å²) in [5.74, 6) is -1.42. The normalized spacial score (nSPS) is 22.3. The van der Waals surface area contributed by atoms with Crippen molar-refractivity contribution in [1.82, 2.24) is 0 Å². The number of epoxide rings is 1. The Kier molecular flexibility index (Phi) is 3.24. The molecule has 0 saturated carbocycles. The van der Waals surface area contributed by atoms with Gasteiger partial charge in [0.05, 0.1) is 6.10 Å². The van der Waals surface area contributed by atoms with Gasteiger partial charge in [-0.05, 0) is 19.4 Å². The third kappa shape index (κ3) is 2.71. The van der Waals surface area contributed by atoms with Gasteiger partial charge in [0.2, 0.25) is 0 Å². The van der Waals surface area contributed by atoms with Gasteiger partial charge in [-0.2, -0.15) is 0 Å². The van der Waals surface area contributed by atoms with E-state index in [2.05, 4.69) is 0 Å². The topological polar surface area (TPSA) is 55.9 Å². The van der Waals surface area contributed by atoms with E-state index >= 15 is 0 Å². The number of rotatable bonds is 4. The van der Waals surface area contributed by atoms with Crippen LogP contribution in [0.4, 0.5) is 0 Å². The first-order valence-electron chi connectivity index (χ1n) is 5.55. The third-order valence-electron chi connectivity index (χ3n) is 2.42. The van der Waals surface area contributed by atoms with Crippen LogP contribution in [0.25, 0.3) is 0 Å². The Morgan fingerprint density at radius 1 is 1.24 bits per heavy atom. The Bertz CT molecular complexity index is 424. The van der Waals surface area contributed by atoms with Gasteiger partial charge in [-0.1, -0.05) is 30.3 Å². The van der Waals surface area contributed by atoms with Gasteiger partial charge in [-0.3, -0.25) is 4.79 Å². The molecule has 4 nitrogen and oxygen atoms in total. The molecule has 0 radical (unpaired) electrons. The lowest BCUT2D eigenvalue weighted by atomic mass is 10.1. The summed E-state index contributed by atoms with van der Waals surface area (Å²) in [6.07, 6.45) is -1.27. The van der Waals surface area contributed by atoms with Crippen molar-refractivity contribution in [3.63, 3.8) is 0 Å². The first kappa shape index (κ1) is 11.8. The summed E-state index contributed by atoms with van der Waals surface area (Å²) in [6, 6.07) is 9.35. The van der Waals surface area contributed by atoms with Crippen LogP contribution < -0.4 is 0 Å². The van der Waals surface area contributed by atoms with Crippen LogP contribution in [0.3, 0.4) is 0 Å². The highest BCUT2D eigenvalue weighted by atomic mass is 16.6. The smallest absolute Gasteiger partial charge is 0.377 e. The van der Waals surface area contributed by atoms with Crippen molar-refractivity contribution in [3.05, 3.63) is 35.9 Å². The zero-order valence-corrected chi connectivity index (χ0v) is 9.75. The van der Waals surface area contributed by atoms with Crippen LogP contribution in [0.15, 0.2) is 30.3 Å². The SMILES string of the molecule is CC(C)OC(=O)C(=O)[C@H]1O[C@@H]1c1ccccc1. The Hall–Kier alpha value is -1.68. The molecule has 1 heterocycles. The maximum Gasteiger partial charge on any atom is 0.377 e. The molecule has 0 N–H and O–H groups in total. The summed E-state index contributed by atoms with van der Waals surface area (Å²) in [4.78, 5) is 23.0. The summed E-state index contributed by atoms with van der Waals surface area (Å²) in [7, 11) is 0. The lowest BCUT2D eigenvalue weighted by Crippen LogP contribution is -2.25. The molecule has 2 rings (SSSR count). The molecule has 1 aromatic carbocycles. The van der Waals surface area contributed by atoms with Crippen molar-refractivity contribution < 1.29 is 19.1 Å². The molecular weight excluding hydrogens is 220 g/mol. The Balaban J connectivity index is 1.95. The fourth-order valence-electron chi connectivity index (χ4n) is 1.60. The van der Waals surface area contributed by atoms with E-state index in [0.717, 1.165) is 5.56 Å². The molecule has 0 bridgehead atoms. The number of esters is 1. The minimum absolute atomic E-state index is 0.291. The van der Waals surface area contributed by atoms with Gasteiger partial charge in [0.25, 0.3) is 5.78 Å². The van der Waals surface area contributed by atoms with Gasteiger partial charge in [0, 0.05) is 0 Å². The number of carbonyl (C=O) groups is 2. The highest BCUT2D eigenvalue weighted by Gasteiger charge is 2.49. The monoisotopic (exact) mass is 234 g/mol. The number of Topliss-reactive ketones (excluding diaryl/α,β-unsaturated/α-hetero) is 1. The molecule has 1 aliphatic heterocycles. The molecule has 4 heteroatoms. The molecule has 0 amide bonds. The van der Waals surface area contributed by atoms with E-state index in [1.54, 1.807) is 13.8 Å². The Morgan fingerprint density at radius 2 is 1.88 bits per heavy atom. The van der Waals surface area contributed by atoms with E-state index in [0.29, 0.717) is 0 Å². The maximum atomic E-state index is 11.6. The van der Waals surface area contributed by atoms with E-state index in [1.165, 1.54) is 0 Å². The van der Waals surface area contributed by atoms with Crippen molar-refractivity contribution in [2.24, 2.45) is 0 Å². The van der Waals surface area contributed by atoms with Crippen LogP contribution in [0.1, 0.15) is 25.5 Å². The van der Waals surface area contributed by atoms with E-state index in [1.807, 2.05) is 30.3 Å². The molecule has 0 aromatic heterocycles. The number of hydrogen-bond donors (Lipinski definition) is 0. The van der Waals surface area contributed by atoms with Crippen LogP contribution in [-0.4, -0.2) is 24.0 Å². The summed E-state index contributed by atoms with van der Waals surface area (Å²) in [5, 5.41) is 0. The van der Waals surface area contributed by atoms with Crippen LogP contribution in [0.5, 0.6) is 0 Å². The molecule has 0 unspecified atom stereocenters. The van der Waals surface area contributed by atoms with Crippen molar-refractivity contribution in [3.8, 4) is 0 Å². The van der Waals surface area contributed by atoms with E-state index in [-0.39, 0.29) is 12.2 Å². The van der Waals surface area contributed by atoms with Gasteiger partial charge in [-0.25, -0.2) is 4.79 Å². The van der Waals surface area contributed by atoms with E-state index < -0.39 is 17.9 Å². The molecule has 2 atom stereocenters. The lowest BCUT2D eigenvalue weighted by Gasteiger charge is -2.05. The second-order valence-electron chi connectivity index (χ2n) is 4.21. The van der Waals surface area contributed by atoms with Crippen molar-refractivity contribution in [2.45, 2.75) is 32.2 Å². The van der Waals surface area contributed by atoms with Crippen molar-refractivity contribution in [2.75, 3.05) is 0 Å². The van der Waals surface area contributed by atoms with E-state index in [4.69, 9.17) is 9.47 Å². The lowest BCUT2D eigenvalue weighted by molar-refractivity contribution is -0.157. The number of hydrogen-bond acceptors (Lipinski definition) is 4. The number of carbonyl (C=O) groups excluding carboxylic acids is 2. The second kappa shape index (κ2) is 4.67. The summed E-state index contributed by atoms with van der Waals surface area (Å²) in [6.45, 7) is 3.40. The highest BCUT2D eigenvalue weighted by Crippen LogP contribution is 2.39. The molecule has 90 valence electrons. The number of benzene rings is 1.